The fraction of sp³-hybridized carbons (Fsp3) is 0.316. The van der Waals surface area contributed by atoms with Crippen molar-refractivity contribution < 1.29 is 23.1 Å². The number of ether oxygens (including phenoxy) is 1. The Bertz CT molecular complexity index is 1040. The number of carbonyl (C=O) groups is 1. The molecular formula is C19H23N4O6P. The molecule has 1 saturated carbocycles. The second-order valence-corrected chi connectivity index (χ2v) is 8.41. The molecule has 11 heteroatoms. The molecule has 1 aliphatic rings. The van der Waals surface area contributed by atoms with E-state index in [1.165, 1.54) is 30.9 Å². The Morgan fingerprint density at radius 2 is 2.13 bits per heavy atom. The highest BCUT2D eigenvalue weighted by Gasteiger charge is 2.37. The summed E-state index contributed by atoms with van der Waals surface area (Å²) < 4.78 is 30.4. The highest BCUT2D eigenvalue weighted by atomic mass is 31.2. The summed E-state index contributed by atoms with van der Waals surface area (Å²) in [7, 11) is -2.64. The van der Waals surface area contributed by atoms with Crippen molar-refractivity contribution >= 4 is 25.7 Å². The van der Waals surface area contributed by atoms with Crippen molar-refractivity contribution in [2.24, 2.45) is 5.92 Å². The van der Waals surface area contributed by atoms with Crippen molar-refractivity contribution in [1.82, 2.24) is 14.6 Å². The quantitative estimate of drug-likeness (QED) is 0.449. The summed E-state index contributed by atoms with van der Waals surface area (Å²) in [6.45, 7) is 1.58. The molecule has 0 radical (unpaired) electrons. The molecule has 3 rings (SSSR count). The molecule has 0 amide bonds. The van der Waals surface area contributed by atoms with Crippen molar-refractivity contribution in [3.05, 3.63) is 58.7 Å². The molecule has 3 atom stereocenters. The van der Waals surface area contributed by atoms with Crippen LogP contribution in [0.15, 0.2) is 53.0 Å². The van der Waals surface area contributed by atoms with E-state index in [4.69, 9.17) is 14.8 Å². The molecule has 160 valence electrons. The zero-order chi connectivity index (χ0) is 21.7. The van der Waals surface area contributed by atoms with E-state index in [-0.39, 0.29) is 18.3 Å². The summed E-state index contributed by atoms with van der Waals surface area (Å²) in [6, 6.07) is 9.11. The third kappa shape index (κ3) is 5.79. The monoisotopic (exact) mass is 434 g/mol. The van der Waals surface area contributed by atoms with Gasteiger partial charge in [-0.3, -0.25) is 13.9 Å². The van der Waals surface area contributed by atoms with E-state index < -0.39 is 25.4 Å². The molecule has 2 unspecified atom stereocenters. The van der Waals surface area contributed by atoms with Gasteiger partial charge in [0.15, 0.2) is 0 Å². The minimum Gasteiger partial charge on any atom is -0.468 e. The van der Waals surface area contributed by atoms with Gasteiger partial charge in [0, 0.05) is 18.3 Å². The standard InChI is InChI=1S/C19H23N4O6P/c1-13(18(24)27-2)22-30(26,29-16-6-4-3-5-7-16)28-12-15-10-14(15)11-23-9-8-17(20)21-19(23)25/h3-9,11,13,15H,10,12H2,1-2H3,(H,22,26)(H2,20,21,25)/b14-11+/t13-,15?,30?/m0/s1. The maximum Gasteiger partial charge on any atom is 0.459 e. The molecule has 3 N–H and O–H groups in total. The van der Waals surface area contributed by atoms with Gasteiger partial charge in [-0.2, -0.15) is 10.1 Å². The number of nitrogens with two attached hydrogens (primary N) is 1. The van der Waals surface area contributed by atoms with Crippen LogP contribution in [0.2, 0.25) is 0 Å². The summed E-state index contributed by atoms with van der Waals surface area (Å²) >= 11 is 0. The first-order valence-electron chi connectivity index (χ1n) is 9.20. The molecule has 1 aromatic carbocycles. The fourth-order valence-corrected chi connectivity index (χ4v) is 4.15. The first-order valence-corrected chi connectivity index (χ1v) is 10.7. The highest BCUT2D eigenvalue weighted by molar-refractivity contribution is 7.52. The number of methoxy groups -OCH3 is 1. The minimum absolute atomic E-state index is 0.0441. The van der Waals surface area contributed by atoms with E-state index in [1.54, 1.807) is 36.5 Å². The minimum atomic E-state index is -3.88. The molecule has 0 spiro atoms. The number of benzene rings is 1. The second kappa shape index (κ2) is 9.25. The lowest BCUT2D eigenvalue weighted by atomic mass is 10.3. The number of esters is 1. The average Bonchev–Trinajstić information content (AvgIpc) is 3.46. The Balaban J connectivity index is 1.67. The van der Waals surface area contributed by atoms with Crippen molar-refractivity contribution in [3.63, 3.8) is 0 Å². The van der Waals surface area contributed by atoms with Crippen molar-refractivity contribution in [2.75, 3.05) is 19.5 Å². The summed E-state index contributed by atoms with van der Waals surface area (Å²) in [5, 5.41) is 2.59. The molecule has 1 fully saturated rings. The van der Waals surface area contributed by atoms with Crippen LogP contribution in [0.4, 0.5) is 5.82 Å². The molecule has 0 saturated heterocycles. The number of anilines is 1. The Kier molecular flexibility index (Phi) is 6.71. The van der Waals surface area contributed by atoms with Gasteiger partial charge in [-0.1, -0.05) is 18.2 Å². The number of carbonyl (C=O) groups excluding carboxylic acids is 1. The van der Waals surface area contributed by atoms with Crippen LogP contribution in [0.1, 0.15) is 13.3 Å². The summed E-state index contributed by atoms with van der Waals surface area (Å²) in [6.07, 6.45) is 3.84. The Labute approximate surface area is 173 Å². The van der Waals surface area contributed by atoms with Gasteiger partial charge in [-0.25, -0.2) is 9.36 Å². The normalized spacial score (nSPS) is 19.7. The van der Waals surface area contributed by atoms with Gasteiger partial charge in [-0.15, -0.1) is 0 Å². The predicted octanol–water partition coefficient (Wildman–Crippen LogP) is 2.04. The fourth-order valence-electron chi connectivity index (χ4n) is 2.62. The molecule has 0 aliphatic heterocycles. The lowest BCUT2D eigenvalue weighted by Gasteiger charge is -2.22. The largest absolute Gasteiger partial charge is 0.468 e. The number of aromatic nitrogens is 2. The second-order valence-electron chi connectivity index (χ2n) is 6.72. The van der Waals surface area contributed by atoms with Crippen LogP contribution >= 0.6 is 7.75 Å². The van der Waals surface area contributed by atoms with Crippen LogP contribution in [-0.4, -0.2) is 35.3 Å². The number of nitrogens with zero attached hydrogens (tertiary/aromatic N) is 2. The number of hydrogen-bond acceptors (Lipinski definition) is 8. The number of para-hydroxylation sites is 1. The van der Waals surface area contributed by atoms with E-state index in [9.17, 15) is 14.2 Å². The lowest BCUT2D eigenvalue weighted by Crippen LogP contribution is -2.34. The van der Waals surface area contributed by atoms with E-state index in [0.29, 0.717) is 12.2 Å². The van der Waals surface area contributed by atoms with Crippen LogP contribution in [0.5, 0.6) is 5.75 Å². The third-order valence-electron chi connectivity index (χ3n) is 4.32. The maximum absolute atomic E-state index is 13.2. The molecule has 1 heterocycles. The van der Waals surface area contributed by atoms with Gasteiger partial charge >= 0.3 is 19.4 Å². The van der Waals surface area contributed by atoms with Crippen molar-refractivity contribution in [1.29, 1.82) is 0 Å². The Morgan fingerprint density at radius 1 is 1.40 bits per heavy atom. The Hall–Kier alpha value is -2.94. The molecule has 0 bridgehead atoms. The van der Waals surface area contributed by atoms with Crippen molar-refractivity contribution in [2.45, 2.75) is 19.4 Å². The number of nitrogens with one attached hydrogen (secondary N) is 1. The topological polar surface area (TPSA) is 135 Å². The van der Waals surface area contributed by atoms with Gasteiger partial charge in [-0.05, 0) is 37.1 Å². The van der Waals surface area contributed by atoms with Gasteiger partial charge < -0.3 is 15.0 Å². The smallest absolute Gasteiger partial charge is 0.459 e. The molecule has 2 aromatic rings. The number of nitrogen functional groups attached to an aromatic ring is 1. The third-order valence-corrected chi connectivity index (χ3v) is 5.97. The first-order chi connectivity index (χ1) is 14.3. The summed E-state index contributed by atoms with van der Waals surface area (Å²) in [5.41, 5.74) is 5.92. The van der Waals surface area contributed by atoms with Crippen LogP contribution in [0.25, 0.3) is 6.20 Å². The number of hydrogen-bond donors (Lipinski definition) is 2. The Morgan fingerprint density at radius 3 is 2.80 bits per heavy atom. The van der Waals surface area contributed by atoms with Gasteiger partial charge in [0.25, 0.3) is 0 Å². The SMILES string of the molecule is COC(=O)[C@H](C)NP(=O)(OCC1C/C1=C\n1ccc(N)nc1=O)Oc1ccccc1. The van der Waals surface area contributed by atoms with E-state index in [0.717, 1.165) is 5.57 Å². The molecule has 30 heavy (non-hydrogen) atoms. The number of rotatable bonds is 9. The predicted molar refractivity (Wildman–Crippen MR) is 111 cm³/mol. The maximum atomic E-state index is 13.2. The van der Waals surface area contributed by atoms with E-state index >= 15 is 0 Å². The zero-order valence-corrected chi connectivity index (χ0v) is 17.5. The molecule has 10 nitrogen and oxygen atoms in total. The molecular weight excluding hydrogens is 411 g/mol. The van der Waals surface area contributed by atoms with E-state index in [2.05, 4.69) is 14.8 Å². The first kappa shape index (κ1) is 21.8. The van der Waals surface area contributed by atoms with Crippen LogP contribution in [0, 0.1) is 5.92 Å². The molecule has 1 aliphatic carbocycles. The van der Waals surface area contributed by atoms with Gasteiger partial charge in [0.2, 0.25) is 0 Å². The highest BCUT2D eigenvalue weighted by Crippen LogP contribution is 2.48. The van der Waals surface area contributed by atoms with Crippen LogP contribution in [0.3, 0.4) is 0 Å². The van der Waals surface area contributed by atoms with Crippen LogP contribution in [-0.2, 0) is 18.6 Å². The van der Waals surface area contributed by atoms with Gasteiger partial charge in [0.05, 0.1) is 13.7 Å². The van der Waals surface area contributed by atoms with Crippen LogP contribution < -0.4 is 21.0 Å². The van der Waals surface area contributed by atoms with Crippen molar-refractivity contribution in [3.8, 4) is 5.75 Å². The summed E-state index contributed by atoms with van der Waals surface area (Å²) in [5.74, 6) is -0.165. The summed E-state index contributed by atoms with van der Waals surface area (Å²) in [4.78, 5) is 27.2. The van der Waals surface area contributed by atoms with Gasteiger partial charge in [0.1, 0.15) is 17.6 Å². The zero-order valence-electron chi connectivity index (χ0n) is 16.6. The van der Waals surface area contributed by atoms with E-state index in [1.807, 2.05) is 0 Å². The lowest BCUT2D eigenvalue weighted by molar-refractivity contribution is -0.142. The molecule has 1 aromatic heterocycles. The average molecular weight is 434 g/mol.